The monoisotopic (exact) mass is 298 g/mol. The Labute approximate surface area is 129 Å². The third-order valence-electron chi connectivity index (χ3n) is 3.93. The average Bonchev–Trinajstić information content (AvgIpc) is 2.47. The maximum absolute atomic E-state index is 5.75. The van der Waals surface area contributed by atoms with E-state index in [1.807, 2.05) is 37.4 Å². The summed E-state index contributed by atoms with van der Waals surface area (Å²) in [6, 6.07) is 10.1. The molecular weight excluding hydrogens is 272 g/mol. The number of hydrogen-bond acceptors (Lipinski definition) is 3. The lowest BCUT2D eigenvalue weighted by Gasteiger charge is -2.31. The zero-order chi connectivity index (χ0) is 13.3. The van der Waals surface area contributed by atoms with Gasteiger partial charge in [0.15, 0.2) is 0 Å². The standard InChI is InChI=1S/C16H26N2O.ClH/c1-17-10-7-15-8-11-18(12-9-15)13-14-19-16-5-3-2-4-6-16;/h2-6,15,17H,7-14H2,1H3;1H. The molecule has 0 aromatic heterocycles. The zero-order valence-corrected chi connectivity index (χ0v) is 13.2. The third-order valence-corrected chi connectivity index (χ3v) is 3.93. The number of piperidine rings is 1. The molecule has 1 aliphatic heterocycles. The normalized spacial score (nSPS) is 16.6. The van der Waals surface area contributed by atoms with Gasteiger partial charge in [-0.15, -0.1) is 12.4 Å². The van der Waals surface area contributed by atoms with Gasteiger partial charge in [0.25, 0.3) is 0 Å². The van der Waals surface area contributed by atoms with Crippen LogP contribution in [0.3, 0.4) is 0 Å². The minimum atomic E-state index is 0. The summed E-state index contributed by atoms with van der Waals surface area (Å²) < 4.78 is 5.75. The molecule has 1 fully saturated rings. The van der Waals surface area contributed by atoms with Gasteiger partial charge in [0.2, 0.25) is 0 Å². The SMILES string of the molecule is CNCCC1CCN(CCOc2ccccc2)CC1.Cl. The summed E-state index contributed by atoms with van der Waals surface area (Å²) in [6.45, 7) is 5.46. The molecule has 0 saturated carbocycles. The highest BCUT2D eigenvalue weighted by atomic mass is 35.5. The molecule has 1 N–H and O–H groups in total. The van der Waals surface area contributed by atoms with Crippen molar-refractivity contribution in [1.82, 2.24) is 10.2 Å². The minimum absolute atomic E-state index is 0. The molecule has 114 valence electrons. The summed E-state index contributed by atoms with van der Waals surface area (Å²) in [5, 5.41) is 3.25. The number of benzene rings is 1. The Morgan fingerprint density at radius 3 is 2.55 bits per heavy atom. The van der Waals surface area contributed by atoms with E-state index in [-0.39, 0.29) is 12.4 Å². The van der Waals surface area contributed by atoms with E-state index >= 15 is 0 Å². The van der Waals surface area contributed by atoms with Crippen LogP contribution in [0.1, 0.15) is 19.3 Å². The van der Waals surface area contributed by atoms with Crippen molar-refractivity contribution >= 4 is 12.4 Å². The van der Waals surface area contributed by atoms with E-state index in [4.69, 9.17) is 4.74 Å². The average molecular weight is 299 g/mol. The van der Waals surface area contributed by atoms with E-state index in [1.165, 1.54) is 32.4 Å². The molecule has 0 atom stereocenters. The van der Waals surface area contributed by atoms with Crippen LogP contribution < -0.4 is 10.1 Å². The summed E-state index contributed by atoms with van der Waals surface area (Å²) in [5.74, 6) is 1.89. The van der Waals surface area contributed by atoms with Crippen molar-refractivity contribution in [3.8, 4) is 5.75 Å². The molecule has 1 aromatic carbocycles. The van der Waals surface area contributed by atoms with Gasteiger partial charge < -0.3 is 10.1 Å². The Morgan fingerprint density at radius 1 is 1.20 bits per heavy atom. The van der Waals surface area contributed by atoms with E-state index in [0.717, 1.165) is 31.4 Å². The highest BCUT2D eigenvalue weighted by Gasteiger charge is 2.18. The third kappa shape index (κ3) is 6.12. The summed E-state index contributed by atoms with van der Waals surface area (Å²) in [5.41, 5.74) is 0. The number of likely N-dealkylation sites (tertiary alicyclic amines) is 1. The van der Waals surface area contributed by atoms with Crippen LogP contribution >= 0.6 is 12.4 Å². The molecule has 1 aromatic rings. The first-order valence-corrected chi connectivity index (χ1v) is 7.43. The van der Waals surface area contributed by atoms with Crippen molar-refractivity contribution in [3.05, 3.63) is 30.3 Å². The number of nitrogens with zero attached hydrogens (tertiary/aromatic N) is 1. The summed E-state index contributed by atoms with van der Waals surface area (Å²) in [4.78, 5) is 2.53. The summed E-state index contributed by atoms with van der Waals surface area (Å²) >= 11 is 0. The fourth-order valence-corrected chi connectivity index (χ4v) is 2.66. The Bertz CT molecular complexity index is 340. The van der Waals surface area contributed by atoms with E-state index in [1.54, 1.807) is 0 Å². The summed E-state index contributed by atoms with van der Waals surface area (Å²) in [6.07, 6.45) is 4.00. The van der Waals surface area contributed by atoms with Gasteiger partial charge in [0.1, 0.15) is 12.4 Å². The molecule has 0 bridgehead atoms. The number of rotatable bonds is 7. The largest absolute Gasteiger partial charge is 0.492 e. The molecule has 0 radical (unpaired) electrons. The van der Waals surface area contributed by atoms with Crippen molar-refractivity contribution in [1.29, 1.82) is 0 Å². The van der Waals surface area contributed by atoms with Gasteiger partial charge in [0.05, 0.1) is 0 Å². The van der Waals surface area contributed by atoms with Gasteiger partial charge in [-0.2, -0.15) is 0 Å². The molecule has 0 unspecified atom stereocenters. The van der Waals surface area contributed by atoms with Crippen LogP contribution in [0.25, 0.3) is 0 Å². The quantitative estimate of drug-likeness (QED) is 0.838. The highest BCUT2D eigenvalue weighted by molar-refractivity contribution is 5.85. The molecule has 0 aliphatic carbocycles. The molecule has 1 saturated heterocycles. The second-order valence-corrected chi connectivity index (χ2v) is 5.34. The molecule has 1 heterocycles. The maximum Gasteiger partial charge on any atom is 0.119 e. The van der Waals surface area contributed by atoms with Crippen LogP contribution in [0.5, 0.6) is 5.75 Å². The molecule has 4 heteroatoms. The predicted molar refractivity (Wildman–Crippen MR) is 86.9 cm³/mol. The first-order chi connectivity index (χ1) is 9.38. The van der Waals surface area contributed by atoms with E-state index in [2.05, 4.69) is 10.2 Å². The Hall–Kier alpha value is -0.770. The van der Waals surface area contributed by atoms with Gasteiger partial charge in [0, 0.05) is 6.54 Å². The highest BCUT2D eigenvalue weighted by Crippen LogP contribution is 2.19. The molecule has 0 spiro atoms. The number of para-hydroxylation sites is 1. The van der Waals surface area contributed by atoms with Crippen LogP contribution in [0.4, 0.5) is 0 Å². The molecular formula is C16H27ClN2O. The Balaban J connectivity index is 0.00000200. The van der Waals surface area contributed by atoms with Gasteiger partial charge in [-0.1, -0.05) is 18.2 Å². The number of ether oxygens (including phenoxy) is 1. The maximum atomic E-state index is 5.75. The Morgan fingerprint density at radius 2 is 1.90 bits per heavy atom. The van der Waals surface area contributed by atoms with Crippen LogP contribution in [-0.4, -0.2) is 44.7 Å². The van der Waals surface area contributed by atoms with E-state index < -0.39 is 0 Å². The number of hydrogen-bond donors (Lipinski definition) is 1. The second kappa shape index (κ2) is 10.0. The fourth-order valence-electron chi connectivity index (χ4n) is 2.66. The summed E-state index contributed by atoms with van der Waals surface area (Å²) in [7, 11) is 2.04. The second-order valence-electron chi connectivity index (χ2n) is 5.34. The van der Waals surface area contributed by atoms with Gasteiger partial charge in [-0.25, -0.2) is 0 Å². The smallest absolute Gasteiger partial charge is 0.119 e. The zero-order valence-electron chi connectivity index (χ0n) is 12.4. The fraction of sp³-hybridized carbons (Fsp3) is 0.625. The molecule has 2 rings (SSSR count). The minimum Gasteiger partial charge on any atom is -0.492 e. The first kappa shape index (κ1) is 17.3. The number of nitrogens with one attached hydrogen (secondary N) is 1. The first-order valence-electron chi connectivity index (χ1n) is 7.43. The van der Waals surface area contributed by atoms with Crippen LogP contribution in [0.2, 0.25) is 0 Å². The van der Waals surface area contributed by atoms with Crippen LogP contribution in [0.15, 0.2) is 30.3 Å². The van der Waals surface area contributed by atoms with Crippen molar-refractivity contribution < 1.29 is 4.74 Å². The molecule has 0 amide bonds. The lowest BCUT2D eigenvalue weighted by atomic mass is 9.93. The molecule has 3 nitrogen and oxygen atoms in total. The van der Waals surface area contributed by atoms with Crippen LogP contribution in [-0.2, 0) is 0 Å². The Kier molecular flexibility index (Phi) is 8.67. The topological polar surface area (TPSA) is 24.5 Å². The molecule has 1 aliphatic rings. The van der Waals surface area contributed by atoms with Crippen molar-refractivity contribution in [2.45, 2.75) is 19.3 Å². The van der Waals surface area contributed by atoms with Crippen molar-refractivity contribution in [2.24, 2.45) is 5.92 Å². The van der Waals surface area contributed by atoms with Crippen molar-refractivity contribution in [3.63, 3.8) is 0 Å². The van der Waals surface area contributed by atoms with E-state index in [0.29, 0.717) is 0 Å². The molecule has 20 heavy (non-hydrogen) atoms. The van der Waals surface area contributed by atoms with Crippen LogP contribution in [0, 0.1) is 5.92 Å². The lowest BCUT2D eigenvalue weighted by Crippen LogP contribution is -2.37. The van der Waals surface area contributed by atoms with Gasteiger partial charge in [-0.05, 0) is 64.0 Å². The van der Waals surface area contributed by atoms with E-state index in [9.17, 15) is 0 Å². The van der Waals surface area contributed by atoms with Gasteiger partial charge in [-0.3, -0.25) is 4.90 Å². The van der Waals surface area contributed by atoms with Gasteiger partial charge >= 0.3 is 0 Å². The lowest BCUT2D eigenvalue weighted by molar-refractivity contribution is 0.151. The number of halogens is 1. The predicted octanol–water partition coefficient (Wildman–Crippen LogP) is 2.81. The van der Waals surface area contributed by atoms with Crippen molar-refractivity contribution in [2.75, 3.05) is 39.8 Å².